The van der Waals surface area contributed by atoms with Crippen molar-refractivity contribution in [2.75, 3.05) is 13.7 Å². The van der Waals surface area contributed by atoms with Crippen LogP contribution < -0.4 is 14.8 Å². The Balaban J connectivity index is 1.39. The quantitative estimate of drug-likeness (QED) is 0.403. The van der Waals surface area contributed by atoms with Crippen LogP contribution in [-0.4, -0.2) is 70.1 Å². The molecule has 1 saturated heterocycles. The van der Waals surface area contributed by atoms with E-state index in [0.29, 0.717) is 35.4 Å². The van der Waals surface area contributed by atoms with Crippen molar-refractivity contribution in [1.82, 2.24) is 20.2 Å². The van der Waals surface area contributed by atoms with Crippen molar-refractivity contribution < 1.29 is 28.6 Å². The average molecular weight is 649 g/mol. The maximum Gasteiger partial charge on any atom is 0.408 e. The molecule has 2 aromatic rings. The number of amides is 2. The number of Topliss-reactive ketones (excluding diaryl/α,β-unsaturated/α-hetero) is 1. The number of nitrogens with one attached hydrogen (secondary N) is 1. The summed E-state index contributed by atoms with van der Waals surface area (Å²) in [7, 11) is 1.62. The number of aryl methyl sites for hydroxylation is 1. The molecule has 10 heteroatoms. The third kappa shape index (κ3) is 7.07. The molecule has 10 nitrogen and oxygen atoms in total. The van der Waals surface area contributed by atoms with Crippen LogP contribution in [0.2, 0.25) is 0 Å². The fourth-order valence-electron chi connectivity index (χ4n) is 8.01. The fourth-order valence-corrected chi connectivity index (χ4v) is 8.01. The summed E-state index contributed by atoms with van der Waals surface area (Å²) < 4.78 is 18.5. The minimum Gasteiger partial charge on any atom is -0.497 e. The molecule has 47 heavy (non-hydrogen) atoms. The van der Waals surface area contributed by atoms with E-state index in [9.17, 15) is 14.4 Å². The third-order valence-corrected chi connectivity index (χ3v) is 10.8. The van der Waals surface area contributed by atoms with Gasteiger partial charge in [-0.15, -0.1) is 0 Å². The molecule has 2 bridgehead atoms. The van der Waals surface area contributed by atoms with E-state index in [0.717, 1.165) is 49.7 Å². The van der Waals surface area contributed by atoms with Gasteiger partial charge >= 0.3 is 6.09 Å². The van der Waals surface area contributed by atoms with Gasteiger partial charge in [0.2, 0.25) is 11.8 Å². The van der Waals surface area contributed by atoms with Gasteiger partial charge in [-0.05, 0) is 68.4 Å². The summed E-state index contributed by atoms with van der Waals surface area (Å²) in [6, 6.07) is 4.06. The summed E-state index contributed by atoms with van der Waals surface area (Å²) in [5, 5.41) is 2.98. The topological polar surface area (TPSA) is 120 Å². The van der Waals surface area contributed by atoms with Gasteiger partial charge in [0, 0.05) is 17.9 Å². The zero-order valence-electron chi connectivity index (χ0n) is 29.1. The molecule has 6 rings (SSSR count). The molecule has 3 fully saturated rings. The SMILES string of the molecule is COc1ccc2nc3c(nc2c1)O[C@H]1CN(C(=O)[C@H](C(C)(C)C)NC(=O)O[C@]2(CC4CC4)C[C@H]2CCCCC3)[C@H](C(C)=O)[C@@H]1C(C)C. The second-order valence-corrected chi connectivity index (χ2v) is 15.9. The van der Waals surface area contributed by atoms with Crippen molar-refractivity contribution in [3.05, 3.63) is 23.9 Å². The van der Waals surface area contributed by atoms with Crippen LogP contribution in [0.5, 0.6) is 11.6 Å². The lowest BCUT2D eigenvalue weighted by atomic mass is 9.83. The number of ketones is 1. The van der Waals surface area contributed by atoms with Crippen LogP contribution in [0.1, 0.15) is 98.6 Å². The Hall–Kier alpha value is -3.43. The molecule has 2 amide bonds. The van der Waals surface area contributed by atoms with Crippen LogP contribution in [-0.2, 0) is 20.7 Å². The predicted octanol–water partition coefficient (Wildman–Crippen LogP) is 6.27. The second kappa shape index (κ2) is 12.9. The minimum absolute atomic E-state index is 0.0258. The van der Waals surface area contributed by atoms with E-state index in [1.54, 1.807) is 12.0 Å². The molecule has 3 heterocycles. The molecule has 2 aliphatic heterocycles. The van der Waals surface area contributed by atoms with Gasteiger partial charge < -0.3 is 24.4 Å². The second-order valence-electron chi connectivity index (χ2n) is 15.9. The van der Waals surface area contributed by atoms with Crippen molar-refractivity contribution in [2.45, 2.75) is 123 Å². The maximum absolute atomic E-state index is 14.5. The predicted molar refractivity (Wildman–Crippen MR) is 178 cm³/mol. The Kier molecular flexibility index (Phi) is 9.17. The highest BCUT2D eigenvalue weighted by Crippen LogP contribution is 2.57. The lowest BCUT2D eigenvalue weighted by molar-refractivity contribution is -0.141. The van der Waals surface area contributed by atoms with Gasteiger partial charge in [0.15, 0.2) is 5.78 Å². The molecule has 0 unspecified atom stereocenters. The van der Waals surface area contributed by atoms with E-state index >= 15 is 0 Å². The Morgan fingerprint density at radius 1 is 1.11 bits per heavy atom. The van der Waals surface area contributed by atoms with Crippen LogP contribution in [0, 0.1) is 29.1 Å². The summed E-state index contributed by atoms with van der Waals surface area (Å²) in [4.78, 5) is 53.1. The molecule has 0 radical (unpaired) electrons. The van der Waals surface area contributed by atoms with Crippen molar-refractivity contribution >= 4 is 28.8 Å². The molecule has 2 aliphatic carbocycles. The van der Waals surface area contributed by atoms with E-state index in [1.165, 1.54) is 19.8 Å². The first-order valence-electron chi connectivity index (χ1n) is 17.6. The minimum atomic E-state index is -0.888. The largest absolute Gasteiger partial charge is 0.497 e. The van der Waals surface area contributed by atoms with E-state index in [2.05, 4.69) is 19.2 Å². The summed E-state index contributed by atoms with van der Waals surface area (Å²) >= 11 is 0. The van der Waals surface area contributed by atoms with Crippen LogP contribution in [0.4, 0.5) is 4.79 Å². The number of fused-ring (bicyclic) bond motifs is 5. The molecule has 1 N–H and O–H groups in total. The Morgan fingerprint density at radius 3 is 2.53 bits per heavy atom. The number of carbonyl (C=O) groups is 3. The molecule has 256 valence electrons. The number of hydrogen-bond donors (Lipinski definition) is 1. The number of ether oxygens (including phenoxy) is 3. The number of rotatable bonds is 5. The van der Waals surface area contributed by atoms with Gasteiger partial charge in [0.1, 0.15) is 29.2 Å². The number of alkyl carbamates (subject to hydrolysis) is 1. The van der Waals surface area contributed by atoms with Gasteiger partial charge in [-0.1, -0.05) is 60.3 Å². The zero-order chi connectivity index (χ0) is 33.7. The van der Waals surface area contributed by atoms with E-state index < -0.39 is 35.3 Å². The molecule has 6 atom stereocenters. The number of benzene rings is 1. The number of carbonyl (C=O) groups excluding carboxylic acids is 3. The van der Waals surface area contributed by atoms with Crippen molar-refractivity contribution in [2.24, 2.45) is 29.1 Å². The summed E-state index contributed by atoms with van der Waals surface area (Å²) in [6.45, 7) is 11.6. The standard InChI is InChI=1S/C37H52N4O6/c1-21(2)30-29-20-41(31(30)22(3)42)34(43)32(36(4,5)6)40-35(44)47-37(18-23-13-14-23)19-24(37)11-9-8-10-12-27-33(46-29)39-28-17-25(45-7)15-16-26(28)38-27/h15-17,21,23-24,29-32H,8-14,18-20H2,1-7H3,(H,40,44)/t24-,29+,30-,31-,32-,37-/m1/s1. The van der Waals surface area contributed by atoms with Crippen LogP contribution in [0.25, 0.3) is 11.0 Å². The highest BCUT2D eigenvalue weighted by molar-refractivity contribution is 5.92. The Labute approximate surface area is 278 Å². The first kappa shape index (κ1) is 33.5. The zero-order valence-corrected chi connectivity index (χ0v) is 29.1. The highest BCUT2D eigenvalue weighted by atomic mass is 16.6. The summed E-state index contributed by atoms with van der Waals surface area (Å²) in [6.07, 6.45) is 7.78. The number of aromatic nitrogens is 2. The molecule has 1 aromatic carbocycles. The summed E-state index contributed by atoms with van der Waals surface area (Å²) in [5.41, 5.74) is 1.14. The monoisotopic (exact) mass is 648 g/mol. The van der Waals surface area contributed by atoms with Crippen LogP contribution in [0.3, 0.4) is 0 Å². The van der Waals surface area contributed by atoms with Crippen molar-refractivity contribution in [1.29, 1.82) is 0 Å². The number of nitrogens with zero attached hydrogens (tertiary/aromatic N) is 3. The average Bonchev–Trinajstić information content (AvgIpc) is 3.90. The molecule has 4 aliphatic rings. The molecular formula is C37H52N4O6. The Morgan fingerprint density at radius 2 is 1.87 bits per heavy atom. The third-order valence-electron chi connectivity index (χ3n) is 10.8. The first-order valence-corrected chi connectivity index (χ1v) is 17.6. The van der Waals surface area contributed by atoms with Crippen LogP contribution >= 0.6 is 0 Å². The van der Waals surface area contributed by atoms with E-state index in [-0.39, 0.29) is 30.1 Å². The number of hydrogen-bond acceptors (Lipinski definition) is 8. The highest BCUT2D eigenvalue weighted by Gasteiger charge is 2.59. The lowest BCUT2D eigenvalue weighted by Gasteiger charge is -2.36. The normalized spacial score (nSPS) is 30.4. The maximum atomic E-state index is 14.5. The van der Waals surface area contributed by atoms with Gasteiger partial charge in [-0.25, -0.2) is 14.8 Å². The van der Waals surface area contributed by atoms with Crippen molar-refractivity contribution in [3.8, 4) is 11.6 Å². The van der Waals surface area contributed by atoms with E-state index in [1.807, 2.05) is 39.0 Å². The number of methoxy groups -OCH3 is 1. The van der Waals surface area contributed by atoms with Gasteiger partial charge in [-0.2, -0.15) is 0 Å². The molecule has 1 aromatic heterocycles. The smallest absolute Gasteiger partial charge is 0.408 e. The molecule has 2 saturated carbocycles. The molecule has 0 spiro atoms. The van der Waals surface area contributed by atoms with Gasteiger partial charge in [0.25, 0.3) is 0 Å². The van der Waals surface area contributed by atoms with E-state index in [4.69, 9.17) is 24.2 Å². The Bertz CT molecular complexity index is 1520. The van der Waals surface area contributed by atoms with Gasteiger partial charge in [-0.3, -0.25) is 9.59 Å². The summed E-state index contributed by atoms with van der Waals surface area (Å²) in [5.74, 6) is 1.40. The molecular weight excluding hydrogens is 596 g/mol. The lowest BCUT2D eigenvalue weighted by Crippen LogP contribution is -2.57. The van der Waals surface area contributed by atoms with Crippen molar-refractivity contribution in [3.63, 3.8) is 0 Å². The van der Waals surface area contributed by atoms with Crippen LogP contribution in [0.15, 0.2) is 18.2 Å². The fraction of sp³-hybridized carbons (Fsp3) is 0.703. The first-order chi connectivity index (χ1) is 22.3. The van der Waals surface area contributed by atoms with Gasteiger partial charge in [0.05, 0.1) is 30.7 Å².